The molecule has 0 aromatic rings. The lowest BCUT2D eigenvalue weighted by atomic mass is 10.1. The average molecular weight is 1010 g/mol. The minimum Gasteiger partial charge on any atom is -0.462 e. The zero-order valence-corrected chi connectivity index (χ0v) is 45.6. The number of hydrogen-bond acceptors (Lipinski definition) is 10. The fraction of sp³-hybridized carbons (Fsp3) is 0.776. The van der Waals surface area contributed by atoms with Crippen LogP contribution in [0.2, 0.25) is 0 Å². The molecule has 0 rings (SSSR count). The summed E-state index contributed by atoms with van der Waals surface area (Å²) >= 11 is 0. The molecule has 0 aliphatic carbocycles. The number of ether oxygens (including phenoxy) is 3. The topological polar surface area (TPSA) is 155 Å². The van der Waals surface area contributed by atoms with Gasteiger partial charge in [0.1, 0.15) is 12.7 Å². The van der Waals surface area contributed by atoms with Gasteiger partial charge in [0.2, 0.25) is 0 Å². The van der Waals surface area contributed by atoms with E-state index in [2.05, 4.69) is 81.5 Å². The van der Waals surface area contributed by atoms with Gasteiger partial charge in [-0.1, -0.05) is 197 Å². The first-order valence-corrected chi connectivity index (χ1v) is 29.7. The van der Waals surface area contributed by atoms with E-state index in [1.165, 1.54) is 96.3 Å². The zero-order chi connectivity index (χ0) is 51.3. The summed E-state index contributed by atoms with van der Waals surface area (Å²) in [6.07, 6.45) is 56.2. The summed E-state index contributed by atoms with van der Waals surface area (Å²) in [7, 11) is -4.75. The van der Waals surface area contributed by atoms with E-state index in [0.717, 1.165) is 96.3 Å². The minimum absolute atomic E-state index is 0.131. The van der Waals surface area contributed by atoms with E-state index in [0.29, 0.717) is 19.3 Å². The highest BCUT2D eigenvalue weighted by atomic mass is 31.2. The highest BCUT2D eigenvalue weighted by molar-refractivity contribution is 7.47. The largest absolute Gasteiger partial charge is 0.472 e. The van der Waals surface area contributed by atoms with Crippen molar-refractivity contribution in [3.63, 3.8) is 0 Å². The van der Waals surface area contributed by atoms with Crippen LogP contribution in [0.3, 0.4) is 0 Å². The molecule has 0 bridgehead atoms. The molecule has 0 fully saturated rings. The van der Waals surface area contributed by atoms with Gasteiger partial charge in [0.25, 0.3) is 0 Å². The molecular weight excluding hydrogens is 904 g/mol. The van der Waals surface area contributed by atoms with Gasteiger partial charge in [-0.15, -0.1) is 0 Å². The number of rotatable bonds is 52. The molecule has 0 heterocycles. The number of carbonyl (C=O) groups is 3. The fourth-order valence-corrected chi connectivity index (χ4v) is 8.37. The number of phosphoric acid groups is 1. The molecule has 0 aromatic heterocycles. The Balaban J connectivity index is 4.71. The van der Waals surface area contributed by atoms with E-state index in [-0.39, 0.29) is 25.9 Å². The number of aliphatic hydroxyl groups excluding tert-OH is 1. The first kappa shape index (κ1) is 67.2. The van der Waals surface area contributed by atoms with Gasteiger partial charge in [-0.25, -0.2) is 4.57 Å². The molecule has 0 saturated carbocycles. The van der Waals surface area contributed by atoms with Gasteiger partial charge in [-0.2, -0.15) is 0 Å². The number of esters is 3. The smallest absolute Gasteiger partial charge is 0.462 e. The maximum absolute atomic E-state index is 12.9. The highest BCUT2D eigenvalue weighted by Crippen LogP contribution is 2.43. The Morgan fingerprint density at radius 3 is 1.21 bits per heavy atom. The number of hydrogen-bond donors (Lipinski definition) is 2. The van der Waals surface area contributed by atoms with Crippen molar-refractivity contribution >= 4 is 25.7 Å². The van der Waals surface area contributed by atoms with Crippen LogP contribution in [0, 0.1) is 0 Å². The predicted molar refractivity (Wildman–Crippen MR) is 288 cm³/mol. The Morgan fingerprint density at radius 2 is 0.757 bits per heavy atom. The van der Waals surface area contributed by atoms with Crippen LogP contribution < -0.4 is 0 Å². The van der Waals surface area contributed by atoms with Crippen LogP contribution in [0.15, 0.2) is 60.8 Å². The fourth-order valence-electron chi connectivity index (χ4n) is 7.58. The van der Waals surface area contributed by atoms with Crippen molar-refractivity contribution in [3.8, 4) is 0 Å². The second-order valence-electron chi connectivity index (χ2n) is 18.7. The summed E-state index contributed by atoms with van der Waals surface area (Å²) in [6, 6.07) is 0. The Labute approximate surface area is 427 Å². The lowest BCUT2D eigenvalue weighted by Crippen LogP contribution is -2.30. The molecule has 2 N–H and O–H groups in total. The summed E-state index contributed by atoms with van der Waals surface area (Å²) in [5.41, 5.74) is 0. The standard InChI is InChI=1S/C58H103O11P/c1-4-7-10-13-16-19-22-24-25-26-27-28-29-31-33-35-38-41-44-47-56(60)65-51-55(69-58(62)49-46-43-40-37-34-30-23-20-17-14-11-8-5-2)53-67-70(63,64)66-52-54(50-59)68-57(61)48-45-42-39-36-32-21-18-15-12-9-6-3/h8,11,15,17-18,20,24-25,30,34,54-55,59H,4-7,9-10,12-14,16,19,21-23,26-29,31-33,35-53H2,1-3H3,(H,63,64)/b11-8-,18-15-,20-17-,25-24-,34-30-. The van der Waals surface area contributed by atoms with Gasteiger partial charge in [-0.3, -0.25) is 23.4 Å². The lowest BCUT2D eigenvalue weighted by molar-refractivity contribution is -0.161. The summed E-state index contributed by atoms with van der Waals surface area (Å²) < 4.78 is 39.4. The zero-order valence-electron chi connectivity index (χ0n) is 44.7. The third-order valence-corrected chi connectivity index (χ3v) is 12.8. The van der Waals surface area contributed by atoms with E-state index in [9.17, 15) is 28.9 Å². The number of allylic oxidation sites excluding steroid dienone is 10. The molecule has 0 spiro atoms. The normalized spacial score (nSPS) is 13.8. The van der Waals surface area contributed by atoms with Crippen molar-refractivity contribution in [1.82, 2.24) is 0 Å². The number of phosphoric ester groups is 1. The van der Waals surface area contributed by atoms with Gasteiger partial charge < -0.3 is 24.2 Å². The van der Waals surface area contributed by atoms with Crippen molar-refractivity contribution < 1.29 is 52.2 Å². The molecular formula is C58H103O11P. The van der Waals surface area contributed by atoms with Gasteiger partial charge >= 0.3 is 25.7 Å². The highest BCUT2D eigenvalue weighted by Gasteiger charge is 2.28. The van der Waals surface area contributed by atoms with Crippen molar-refractivity contribution in [2.24, 2.45) is 0 Å². The van der Waals surface area contributed by atoms with E-state index in [4.69, 9.17) is 23.3 Å². The first-order chi connectivity index (χ1) is 34.2. The summed E-state index contributed by atoms with van der Waals surface area (Å²) in [6.45, 7) is 4.45. The van der Waals surface area contributed by atoms with Crippen molar-refractivity contribution in [2.45, 2.75) is 264 Å². The van der Waals surface area contributed by atoms with E-state index in [1.54, 1.807) is 0 Å². The molecule has 0 aliphatic rings. The predicted octanol–water partition coefficient (Wildman–Crippen LogP) is 16.4. The average Bonchev–Trinajstić information content (AvgIpc) is 3.35. The van der Waals surface area contributed by atoms with E-state index < -0.39 is 57.8 Å². The lowest BCUT2D eigenvalue weighted by Gasteiger charge is -2.21. The Kier molecular flexibility index (Phi) is 50.4. The van der Waals surface area contributed by atoms with E-state index in [1.807, 2.05) is 0 Å². The minimum atomic E-state index is -4.75. The maximum Gasteiger partial charge on any atom is 0.472 e. The Morgan fingerprint density at radius 1 is 0.414 bits per heavy atom. The summed E-state index contributed by atoms with van der Waals surface area (Å²) in [5.74, 6) is -1.51. The number of unbranched alkanes of at least 4 members (excludes halogenated alkanes) is 25. The van der Waals surface area contributed by atoms with Crippen molar-refractivity contribution in [1.29, 1.82) is 0 Å². The van der Waals surface area contributed by atoms with Gasteiger partial charge in [0.15, 0.2) is 6.10 Å². The number of aliphatic hydroxyl groups is 1. The Bertz CT molecular complexity index is 1410. The summed E-state index contributed by atoms with van der Waals surface area (Å²) in [4.78, 5) is 48.4. The molecule has 0 amide bonds. The molecule has 3 atom stereocenters. The number of carbonyl (C=O) groups excluding carboxylic acids is 3. The SMILES string of the molecule is CC/C=C\C/C=C\C/C=C\CCCCCC(=O)OC(COC(=O)CCCCCCCCCCC/C=C\CCCCCCCC)COP(=O)(O)OCC(CO)OC(=O)CCCCCCC/C=C\CCCC. The molecule has 3 unspecified atom stereocenters. The molecule has 70 heavy (non-hydrogen) atoms. The van der Waals surface area contributed by atoms with E-state index >= 15 is 0 Å². The second kappa shape index (κ2) is 52.5. The van der Waals surface area contributed by atoms with Crippen LogP contribution in [0.1, 0.15) is 252 Å². The summed E-state index contributed by atoms with van der Waals surface area (Å²) in [5, 5.41) is 9.78. The molecule has 0 aromatic carbocycles. The van der Waals surface area contributed by atoms with Crippen LogP contribution in [-0.2, 0) is 42.2 Å². The molecule has 12 heteroatoms. The van der Waals surface area contributed by atoms with Crippen molar-refractivity contribution in [2.75, 3.05) is 26.4 Å². The van der Waals surface area contributed by atoms with Crippen LogP contribution in [0.5, 0.6) is 0 Å². The van der Waals surface area contributed by atoms with Gasteiger partial charge in [-0.05, 0) is 96.3 Å². The van der Waals surface area contributed by atoms with Crippen LogP contribution in [-0.4, -0.2) is 66.5 Å². The molecule has 11 nitrogen and oxygen atoms in total. The monoisotopic (exact) mass is 1010 g/mol. The molecule has 0 radical (unpaired) electrons. The van der Waals surface area contributed by atoms with Crippen LogP contribution in [0.25, 0.3) is 0 Å². The second-order valence-corrected chi connectivity index (χ2v) is 20.2. The van der Waals surface area contributed by atoms with Gasteiger partial charge in [0, 0.05) is 19.3 Å². The maximum atomic E-state index is 12.9. The van der Waals surface area contributed by atoms with Gasteiger partial charge in [0.05, 0.1) is 19.8 Å². The quantitative estimate of drug-likeness (QED) is 0.0197. The first-order valence-electron chi connectivity index (χ1n) is 28.2. The Hall–Kier alpha value is -2.82. The third-order valence-electron chi connectivity index (χ3n) is 11.9. The molecule has 406 valence electrons. The third kappa shape index (κ3) is 50.1. The molecule has 0 aliphatic heterocycles. The molecule has 0 saturated heterocycles. The van der Waals surface area contributed by atoms with Crippen LogP contribution >= 0.6 is 7.82 Å². The van der Waals surface area contributed by atoms with Crippen molar-refractivity contribution in [3.05, 3.63) is 60.8 Å². The van der Waals surface area contributed by atoms with Crippen LogP contribution in [0.4, 0.5) is 0 Å².